The van der Waals surface area contributed by atoms with Crippen LogP contribution in [-0.4, -0.2) is 32.3 Å². The number of nitrogens with zero attached hydrogens (tertiary/aromatic N) is 4. The highest BCUT2D eigenvalue weighted by Gasteiger charge is 2.28. The topological polar surface area (TPSA) is 76.2 Å². The highest BCUT2D eigenvalue weighted by Crippen LogP contribution is 2.30. The molecular weight excluding hydrogens is 330 g/mol. The Labute approximate surface area is 151 Å². The largest absolute Gasteiger partial charge is 0.359 e. The first-order valence-electron chi connectivity index (χ1n) is 8.62. The summed E-state index contributed by atoms with van der Waals surface area (Å²) >= 11 is 0. The van der Waals surface area contributed by atoms with Gasteiger partial charge in [-0.15, -0.1) is 0 Å². The fourth-order valence-electron chi connectivity index (χ4n) is 3.19. The minimum Gasteiger partial charge on any atom is -0.359 e. The first-order valence-corrected chi connectivity index (χ1v) is 8.62. The third-order valence-electron chi connectivity index (χ3n) is 4.90. The van der Waals surface area contributed by atoms with Gasteiger partial charge in [-0.05, 0) is 37.1 Å². The van der Waals surface area contributed by atoms with Crippen molar-refractivity contribution in [3.63, 3.8) is 0 Å². The maximum atomic E-state index is 12.7. The molecule has 1 aliphatic rings. The van der Waals surface area contributed by atoms with Crippen LogP contribution in [-0.2, 0) is 20.0 Å². The molecule has 0 bridgehead atoms. The highest BCUT2D eigenvalue weighted by atomic mass is 16.5. The van der Waals surface area contributed by atoms with Crippen molar-refractivity contribution < 1.29 is 9.32 Å². The molecule has 1 aromatic carbocycles. The normalized spacial score (nSPS) is 13.6. The van der Waals surface area contributed by atoms with Gasteiger partial charge in [0.25, 0.3) is 5.91 Å². The van der Waals surface area contributed by atoms with Crippen molar-refractivity contribution in [2.45, 2.75) is 26.8 Å². The van der Waals surface area contributed by atoms with E-state index in [4.69, 9.17) is 4.52 Å². The predicted octanol–water partition coefficient (Wildman–Crippen LogP) is 2.97. The number of amides is 1. The number of aryl methyl sites for hydroxylation is 2. The van der Waals surface area contributed by atoms with E-state index in [0.29, 0.717) is 31.0 Å². The summed E-state index contributed by atoms with van der Waals surface area (Å²) in [5.41, 5.74) is 4.76. The molecule has 4 rings (SSSR count). The van der Waals surface area contributed by atoms with E-state index in [1.54, 1.807) is 28.9 Å². The Morgan fingerprint density at radius 1 is 1.27 bits per heavy atom. The Bertz CT molecular complexity index is 972. The number of nitrogens with one attached hydrogen (secondary N) is 1. The molecule has 0 unspecified atom stereocenters. The SMILES string of the molecule is Cc1cccc(Nc2noc3c2CN(C(=O)c2ccn(C)n2)CC3)c1C. The van der Waals surface area contributed by atoms with E-state index < -0.39 is 0 Å². The lowest BCUT2D eigenvalue weighted by atomic mass is 10.1. The van der Waals surface area contributed by atoms with Gasteiger partial charge >= 0.3 is 0 Å². The van der Waals surface area contributed by atoms with Crippen molar-refractivity contribution in [3.8, 4) is 0 Å². The molecule has 26 heavy (non-hydrogen) atoms. The van der Waals surface area contributed by atoms with E-state index in [1.807, 2.05) is 12.1 Å². The number of benzene rings is 1. The molecule has 0 spiro atoms. The minimum absolute atomic E-state index is 0.0739. The van der Waals surface area contributed by atoms with Gasteiger partial charge in [0, 0.05) is 31.9 Å². The zero-order chi connectivity index (χ0) is 18.3. The van der Waals surface area contributed by atoms with Gasteiger partial charge in [-0.1, -0.05) is 17.3 Å². The second-order valence-electron chi connectivity index (χ2n) is 6.66. The van der Waals surface area contributed by atoms with Crippen LogP contribution < -0.4 is 5.32 Å². The van der Waals surface area contributed by atoms with Crippen molar-refractivity contribution in [2.24, 2.45) is 7.05 Å². The molecule has 0 fully saturated rings. The van der Waals surface area contributed by atoms with E-state index >= 15 is 0 Å². The second kappa shape index (κ2) is 6.33. The Kier molecular flexibility index (Phi) is 3.99. The van der Waals surface area contributed by atoms with Crippen LogP contribution in [0.4, 0.5) is 11.5 Å². The summed E-state index contributed by atoms with van der Waals surface area (Å²) in [6.45, 7) is 5.20. The average molecular weight is 351 g/mol. The van der Waals surface area contributed by atoms with Gasteiger partial charge in [0.05, 0.1) is 12.1 Å². The first kappa shape index (κ1) is 16.4. The standard InChI is InChI=1S/C19H21N5O2/c1-12-5-4-6-15(13(12)2)20-18-14-11-24(10-8-17(14)26-22-18)19(25)16-7-9-23(3)21-16/h4-7,9H,8,10-11H2,1-3H3,(H,20,22). The van der Waals surface area contributed by atoms with E-state index in [9.17, 15) is 4.79 Å². The van der Waals surface area contributed by atoms with E-state index in [1.165, 1.54) is 11.1 Å². The molecule has 3 aromatic rings. The summed E-state index contributed by atoms with van der Waals surface area (Å²) in [4.78, 5) is 14.5. The molecule has 3 heterocycles. The molecule has 0 saturated carbocycles. The smallest absolute Gasteiger partial charge is 0.274 e. The van der Waals surface area contributed by atoms with Gasteiger partial charge in [-0.3, -0.25) is 9.48 Å². The lowest BCUT2D eigenvalue weighted by Crippen LogP contribution is -2.36. The number of carbonyl (C=O) groups excluding carboxylic acids is 1. The Morgan fingerprint density at radius 2 is 2.12 bits per heavy atom. The third kappa shape index (κ3) is 2.85. The van der Waals surface area contributed by atoms with Crippen molar-refractivity contribution in [1.29, 1.82) is 0 Å². The fourth-order valence-corrected chi connectivity index (χ4v) is 3.19. The van der Waals surface area contributed by atoms with E-state index in [2.05, 4.69) is 35.5 Å². The van der Waals surface area contributed by atoms with Gasteiger partial charge in [-0.2, -0.15) is 5.10 Å². The zero-order valence-electron chi connectivity index (χ0n) is 15.1. The Morgan fingerprint density at radius 3 is 2.88 bits per heavy atom. The average Bonchev–Trinajstić information content (AvgIpc) is 3.24. The van der Waals surface area contributed by atoms with Gasteiger partial charge in [0.15, 0.2) is 5.82 Å². The van der Waals surface area contributed by atoms with Crippen molar-refractivity contribution in [2.75, 3.05) is 11.9 Å². The summed E-state index contributed by atoms with van der Waals surface area (Å²) in [6.07, 6.45) is 2.42. The van der Waals surface area contributed by atoms with Crippen LogP contribution in [0.25, 0.3) is 0 Å². The summed E-state index contributed by atoms with van der Waals surface area (Å²) in [5.74, 6) is 1.44. The summed E-state index contributed by atoms with van der Waals surface area (Å²) in [7, 11) is 1.80. The van der Waals surface area contributed by atoms with Crippen LogP contribution in [0, 0.1) is 13.8 Å². The molecule has 134 valence electrons. The number of rotatable bonds is 3. The fraction of sp³-hybridized carbons (Fsp3) is 0.316. The molecule has 1 amide bonds. The van der Waals surface area contributed by atoms with Gasteiger partial charge in [-0.25, -0.2) is 0 Å². The molecule has 0 saturated heterocycles. The monoisotopic (exact) mass is 351 g/mol. The molecular formula is C19H21N5O2. The second-order valence-corrected chi connectivity index (χ2v) is 6.66. The highest BCUT2D eigenvalue weighted by molar-refractivity contribution is 5.92. The number of anilines is 2. The van der Waals surface area contributed by atoms with Crippen LogP contribution in [0.15, 0.2) is 35.0 Å². The third-order valence-corrected chi connectivity index (χ3v) is 4.90. The molecule has 0 aliphatic carbocycles. The number of hydrogen-bond acceptors (Lipinski definition) is 5. The summed E-state index contributed by atoms with van der Waals surface area (Å²) < 4.78 is 7.13. The Hall–Kier alpha value is -3.09. The van der Waals surface area contributed by atoms with Crippen LogP contribution in [0.5, 0.6) is 0 Å². The van der Waals surface area contributed by atoms with E-state index in [0.717, 1.165) is 17.0 Å². The van der Waals surface area contributed by atoms with Gasteiger partial charge in [0.1, 0.15) is 11.5 Å². The summed E-state index contributed by atoms with van der Waals surface area (Å²) in [6, 6.07) is 7.84. The number of aromatic nitrogens is 3. The quantitative estimate of drug-likeness (QED) is 0.785. The van der Waals surface area contributed by atoms with Gasteiger partial charge < -0.3 is 14.7 Å². The maximum Gasteiger partial charge on any atom is 0.274 e. The van der Waals surface area contributed by atoms with Gasteiger partial charge in [0.2, 0.25) is 0 Å². The lowest BCUT2D eigenvalue weighted by Gasteiger charge is -2.25. The van der Waals surface area contributed by atoms with Crippen LogP contribution in [0.1, 0.15) is 32.9 Å². The van der Waals surface area contributed by atoms with Crippen LogP contribution >= 0.6 is 0 Å². The summed E-state index contributed by atoms with van der Waals surface area (Å²) in [5, 5.41) is 11.8. The zero-order valence-corrected chi connectivity index (χ0v) is 15.1. The maximum absolute atomic E-state index is 12.7. The number of carbonyl (C=O) groups is 1. The van der Waals surface area contributed by atoms with Crippen molar-refractivity contribution in [1.82, 2.24) is 19.8 Å². The minimum atomic E-state index is -0.0739. The molecule has 0 radical (unpaired) electrons. The van der Waals surface area contributed by atoms with E-state index in [-0.39, 0.29) is 5.91 Å². The van der Waals surface area contributed by atoms with Crippen LogP contribution in [0.3, 0.4) is 0 Å². The number of fused-ring (bicyclic) bond motifs is 1. The molecule has 7 nitrogen and oxygen atoms in total. The molecule has 0 atom stereocenters. The molecule has 7 heteroatoms. The van der Waals surface area contributed by atoms with Crippen molar-refractivity contribution >= 4 is 17.4 Å². The van der Waals surface area contributed by atoms with Crippen LogP contribution in [0.2, 0.25) is 0 Å². The van der Waals surface area contributed by atoms with Crippen molar-refractivity contribution in [3.05, 3.63) is 58.6 Å². The molecule has 1 aliphatic heterocycles. The molecule has 1 N–H and O–H groups in total. The predicted molar refractivity (Wildman–Crippen MR) is 97.4 cm³/mol. The first-order chi connectivity index (χ1) is 12.5. The molecule has 2 aromatic heterocycles. The number of hydrogen-bond donors (Lipinski definition) is 1. The Balaban J connectivity index is 1.58. The lowest BCUT2D eigenvalue weighted by molar-refractivity contribution is 0.0722.